The Hall–Kier alpha value is 0.343. The predicted octanol–water partition coefficient (Wildman–Crippen LogP) is -3.86. The number of ether oxygens (including phenoxy) is 1. The van der Waals surface area contributed by atoms with Gasteiger partial charge in [-0.15, -0.1) is 12.8 Å². The fourth-order valence-electron chi connectivity index (χ4n) is 2.01. The molecule has 0 spiro atoms. The van der Waals surface area contributed by atoms with Gasteiger partial charge in [0.25, 0.3) is 0 Å². The predicted molar refractivity (Wildman–Crippen MR) is 62.5 cm³/mol. The minimum absolute atomic E-state index is 0. The number of aliphatic hydroxyl groups excluding tert-OH is 1. The van der Waals surface area contributed by atoms with Crippen LogP contribution in [0.4, 0.5) is 0 Å². The van der Waals surface area contributed by atoms with E-state index in [0.29, 0.717) is 6.61 Å². The summed E-state index contributed by atoms with van der Waals surface area (Å²) < 4.78 is 5.80. The first-order valence-corrected chi connectivity index (χ1v) is 5.58. The Morgan fingerprint density at radius 2 is 1.63 bits per heavy atom. The summed E-state index contributed by atoms with van der Waals surface area (Å²) in [5, 5.41) is 8.89. The van der Waals surface area contributed by atoms with Crippen LogP contribution in [0.5, 0.6) is 0 Å². The van der Waals surface area contributed by atoms with E-state index in [1.165, 1.54) is 0 Å². The van der Waals surface area contributed by atoms with Crippen molar-refractivity contribution in [2.24, 2.45) is 0 Å². The van der Waals surface area contributed by atoms with Gasteiger partial charge in [-0.2, -0.15) is 23.3 Å². The molecular formula is C14H16Cl2O2Zr. The van der Waals surface area contributed by atoms with Gasteiger partial charge in [0.1, 0.15) is 0 Å². The Kier molecular flexibility index (Phi) is 11.5. The molecule has 2 nitrogen and oxygen atoms in total. The van der Waals surface area contributed by atoms with Gasteiger partial charge in [0.05, 0.1) is 13.2 Å². The number of aliphatic hydroxyl groups is 1. The molecule has 0 aromatic rings. The van der Waals surface area contributed by atoms with Crippen molar-refractivity contribution in [2.75, 3.05) is 13.2 Å². The number of hydrogen-bond donors (Lipinski definition) is 1. The second-order valence-corrected chi connectivity index (χ2v) is 4.00. The van der Waals surface area contributed by atoms with Gasteiger partial charge in [0.2, 0.25) is 0 Å². The quantitative estimate of drug-likeness (QED) is 0.497. The van der Waals surface area contributed by atoms with E-state index in [2.05, 4.69) is 24.3 Å². The Balaban J connectivity index is 0. The monoisotopic (exact) mass is 376 g/mol. The van der Waals surface area contributed by atoms with E-state index in [4.69, 9.17) is 9.84 Å². The number of allylic oxidation sites excluding steroid dienone is 4. The third kappa shape index (κ3) is 4.99. The molecule has 0 aromatic carbocycles. The summed E-state index contributed by atoms with van der Waals surface area (Å²) in [7, 11) is 0. The Labute approximate surface area is 146 Å². The van der Waals surface area contributed by atoms with Crippen LogP contribution in [0, 0.1) is 12.2 Å². The van der Waals surface area contributed by atoms with E-state index in [9.17, 15) is 0 Å². The molecule has 0 unspecified atom stereocenters. The third-order valence-electron chi connectivity index (χ3n) is 2.90. The molecule has 2 aliphatic rings. The molecule has 2 aliphatic carbocycles. The number of halogens is 2. The van der Waals surface area contributed by atoms with Crippen LogP contribution < -0.4 is 24.8 Å². The van der Waals surface area contributed by atoms with Crippen LogP contribution in [-0.2, 0) is 30.9 Å². The van der Waals surface area contributed by atoms with E-state index in [1.54, 1.807) is 0 Å². The topological polar surface area (TPSA) is 29.5 Å². The zero-order chi connectivity index (χ0) is 11.4. The second kappa shape index (κ2) is 10.1. The average Bonchev–Trinajstić information content (AvgIpc) is 2.96. The van der Waals surface area contributed by atoms with Crippen LogP contribution >= 0.6 is 0 Å². The molecule has 0 fully saturated rings. The zero-order valence-corrected chi connectivity index (χ0v) is 14.7. The van der Waals surface area contributed by atoms with Crippen molar-refractivity contribution >= 4 is 0 Å². The van der Waals surface area contributed by atoms with E-state index in [1.807, 2.05) is 19.1 Å². The largest absolute Gasteiger partial charge is 4.00 e. The summed E-state index contributed by atoms with van der Waals surface area (Å²) >= 11 is 0. The molecule has 0 aliphatic heterocycles. The minimum Gasteiger partial charge on any atom is -1.00 e. The summed E-state index contributed by atoms with van der Waals surface area (Å²) in [4.78, 5) is 0. The van der Waals surface area contributed by atoms with Crippen molar-refractivity contribution in [1.82, 2.24) is 0 Å². The normalized spacial score (nSPS) is 16.1. The maximum absolute atomic E-state index is 8.89. The second-order valence-electron chi connectivity index (χ2n) is 4.00. The molecule has 0 radical (unpaired) electrons. The number of rotatable bonds is 5. The molecule has 0 saturated carbocycles. The fourth-order valence-corrected chi connectivity index (χ4v) is 2.01. The van der Waals surface area contributed by atoms with Crippen LogP contribution in [0.25, 0.3) is 0 Å². The molecule has 19 heavy (non-hydrogen) atoms. The van der Waals surface area contributed by atoms with Crippen molar-refractivity contribution in [3.63, 3.8) is 0 Å². The molecule has 0 atom stereocenters. The van der Waals surface area contributed by atoms with E-state index in [0.717, 1.165) is 24.0 Å². The van der Waals surface area contributed by atoms with Gasteiger partial charge in [-0.1, -0.05) is 0 Å². The summed E-state index contributed by atoms with van der Waals surface area (Å²) in [5.74, 6) is 0. The van der Waals surface area contributed by atoms with Gasteiger partial charge >= 0.3 is 26.2 Å². The Bertz CT molecular complexity index is 357. The first-order chi connectivity index (χ1) is 7.77. The zero-order valence-electron chi connectivity index (χ0n) is 10.7. The van der Waals surface area contributed by atoms with E-state index >= 15 is 0 Å². The Morgan fingerprint density at radius 1 is 1.16 bits per heavy atom. The number of hydrogen-bond acceptors (Lipinski definition) is 2. The molecule has 102 valence electrons. The van der Waals surface area contributed by atoms with E-state index < -0.39 is 5.60 Å². The molecule has 1 N–H and O–H groups in total. The molecule has 0 aromatic heterocycles. The van der Waals surface area contributed by atoms with Crippen LogP contribution in [0.3, 0.4) is 0 Å². The summed E-state index contributed by atoms with van der Waals surface area (Å²) in [6.45, 7) is 2.37. The molecule has 0 bridgehead atoms. The van der Waals surface area contributed by atoms with Gasteiger partial charge in [0.15, 0.2) is 0 Å². The first-order valence-electron chi connectivity index (χ1n) is 5.58. The van der Waals surface area contributed by atoms with Gasteiger partial charge in [-0.25, -0.2) is 12.2 Å². The molecule has 2 rings (SSSR count). The minimum atomic E-state index is -0.511. The van der Waals surface area contributed by atoms with Crippen molar-refractivity contribution in [1.29, 1.82) is 0 Å². The maximum atomic E-state index is 8.89. The average molecular weight is 378 g/mol. The molecule has 0 amide bonds. The van der Waals surface area contributed by atoms with Crippen molar-refractivity contribution in [3.8, 4) is 0 Å². The molecule has 0 heterocycles. The van der Waals surface area contributed by atoms with Crippen LogP contribution in [0.15, 0.2) is 35.5 Å². The first kappa shape index (κ1) is 21.6. The molecular weight excluding hydrogens is 362 g/mol. The van der Waals surface area contributed by atoms with Gasteiger partial charge < -0.3 is 34.7 Å². The SMILES string of the molecule is CC(OCCO)(C1=[C-]CC=C1)C1=[C-]CC=C1.[Cl-].[Cl-].[Zr+4]. The van der Waals surface area contributed by atoms with Gasteiger partial charge in [-0.3, -0.25) is 12.2 Å². The Morgan fingerprint density at radius 3 is 1.95 bits per heavy atom. The summed E-state index contributed by atoms with van der Waals surface area (Å²) in [6.07, 6.45) is 16.5. The van der Waals surface area contributed by atoms with Crippen molar-refractivity contribution in [3.05, 3.63) is 47.6 Å². The van der Waals surface area contributed by atoms with Crippen molar-refractivity contribution in [2.45, 2.75) is 25.4 Å². The van der Waals surface area contributed by atoms with Gasteiger partial charge in [-0.05, 0) is 6.92 Å². The van der Waals surface area contributed by atoms with Gasteiger partial charge in [0, 0.05) is 5.60 Å². The van der Waals surface area contributed by atoms with Crippen LogP contribution in [-0.4, -0.2) is 23.9 Å². The molecule has 0 saturated heterocycles. The molecule has 5 heteroatoms. The maximum Gasteiger partial charge on any atom is 4.00 e. The summed E-state index contributed by atoms with van der Waals surface area (Å²) in [5.41, 5.74) is 1.56. The smallest absolute Gasteiger partial charge is 1.00 e. The standard InChI is InChI=1S/C14H16O2.2ClH.Zr/c1-14(16-11-10-15,12-6-2-3-7-12)13-8-4-5-9-13;;;/h2,4,6,8,15H,3,5,10-11H2,1H3;2*1H;/q-2;;;+4/p-2. The van der Waals surface area contributed by atoms with Crippen LogP contribution in [0.2, 0.25) is 0 Å². The van der Waals surface area contributed by atoms with Crippen molar-refractivity contribution < 1.29 is 60.9 Å². The summed E-state index contributed by atoms with van der Waals surface area (Å²) in [6, 6.07) is 0. The third-order valence-corrected chi connectivity index (χ3v) is 2.90. The van der Waals surface area contributed by atoms with Crippen LogP contribution in [0.1, 0.15) is 19.8 Å². The van der Waals surface area contributed by atoms with E-state index in [-0.39, 0.29) is 57.6 Å². The fraction of sp³-hybridized carbons (Fsp3) is 0.429.